The molecule has 0 radical (unpaired) electrons. The topological polar surface area (TPSA) is 38.5 Å². The molecule has 0 amide bonds. The highest BCUT2D eigenvalue weighted by Crippen LogP contribution is 2.23. The van der Waals surface area contributed by atoms with Crippen molar-refractivity contribution in [3.63, 3.8) is 0 Å². The fraction of sp³-hybridized carbons (Fsp3) is 1.00. The van der Waals surface area contributed by atoms with E-state index in [1.165, 1.54) is 25.7 Å². The number of rotatable bonds is 4. The summed E-state index contributed by atoms with van der Waals surface area (Å²) >= 11 is 0. The van der Waals surface area contributed by atoms with Crippen LogP contribution in [0.2, 0.25) is 0 Å². The van der Waals surface area contributed by atoms with E-state index < -0.39 is 0 Å². The Labute approximate surface area is 87.6 Å². The lowest BCUT2D eigenvalue weighted by atomic mass is 9.92. The number of nitrogens with two attached hydrogens (primary N) is 1. The van der Waals surface area contributed by atoms with Crippen molar-refractivity contribution < 1.29 is 4.74 Å². The molecule has 1 saturated carbocycles. The van der Waals surface area contributed by atoms with Crippen molar-refractivity contribution in [1.82, 2.24) is 4.90 Å². The second kappa shape index (κ2) is 5.69. The van der Waals surface area contributed by atoms with Gasteiger partial charge >= 0.3 is 0 Å². The van der Waals surface area contributed by atoms with E-state index in [4.69, 9.17) is 10.5 Å². The van der Waals surface area contributed by atoms with Crippen LogP contribution < -0.4 is 5.73 Å². The van der Waals surface area contributed by atoms with Gasteiger partial charge in [-0.1, -0.05) is 0 Å². The molecule has 0 bridgehead atoms. The third-order valence-electron chi connectivity index (χ3n) is 3.18. The van der Waals surface area contributed by atoms with Gasteiger partial charge in [-0.2, -0.15) is 0 Å². The summed E-state index contributed by atoms with van der Waals surface area (Å²) in [4.78, 5) is 2.40. The van der Waals surface area contributed by atoms with Gasteiger partial charge in [0.2, 0.25) is 0 Å². The zero-order chi connectivity index (χ0) is 10.6. The van der Waals surface area contributed by atoms with E-state index in [0.29, 0.717) is 12.1 Å². The molecule has 0 aromatic heterocycles. The second-order valence-electron chi connectivity index (χ2n) is 4.58. The van der Waals surface area contributed by atoms with Crippen LogP contribution in [0, 0.1) is 0 Å². The van der Waals surface area contributed by atoms with Crippen LogP contribution in [0.4, 0.5) is 0 Å². The first-order valence-electron chi connectivity index (χ1n) is 5.62. The van der Waals surface area contributed by atoms with Gasteiger partial charge in [0.25, 0.3) is 0 Å². The van der Waals surface area contributed by atoms with Gasteiger partial charge in [0.1, 0.15) is 0 Å². The molecule has 1 aliphatic rings. The molecule has 0 saturated heterocycles. The Morgan fingerprint density at radius 3 is 2.36 bits per heavy atom. The largest absolute Gasteiger partial charge is 0.381 e. The quantitative estimate of drug-likeness (QED) is 0.741. The van der Waals surface area contributed by atoms with Crippen molar-refractivity contribution in [2.24, 2.45) is 5.73 Å². The Balaban J connectivity index is 2.26. The van der Waals surface area contributed by atoms with E-state index in [1.807, 2.05) is 7.11 Å². The molecule has 1 atom stereocenters. The van der Waals surface area contributed by atoms with E-state index in [-0.39, 0.29) is 6.04 Å². The van der Waals surface area contributed by atoms with Gasteiger partial charge in [0, 0.05) is 25.7 Å². The molecule has 3 nitrogen and oxygen atoms in total. The van der Waals surface area contributed by atoms with Crippen molar-refractivity contribution in [3.05, 3.63) is 0 Å². The molecule has 0 spiro atoms. The zero-order valence-electron chi connectivity index (χ0n) is 9.70. The minimum Gasteiger partial charge on any atom is -0.381 e. The summed E-state index contributed by atoms with van der Waals surface area (Å²) < 4.78 is 5.36. The minimum absolute atomic E-state index is 0.278. The molecule has 14 heavy (non-hydrogen) atoms. The summed E-state index contributed by atoms with van der Waals surface area (Å²) in [7, 11) is 4.00. The van der Waals surface area contributed by atoms with Gasteiger partial charge in [-0.25, -0.2) is 0 Å². The van der Waals surface area contributed by atoms with E-state index >= 15 is 0 Å². The summed E-state index contributed by atoms with van der Waals surface area (Å²) in [6.45, 7) is 3.07. The summed E-state index contributed by atoms with van der Waals surface area (Å²) in [5, 5.41) is 0. The average molecular weight is 200 g/mol. The highest BCUT2D eigenvalue weighted by atomic mass is 16.5. The molecule has 0 heterocycles. The molecular weight excluding hydrogens is 176 g/mol. The SMILES string of the molecule is COC1CCC(N(C)CC(C)N)CC1. The Bertz CT molecular complexity index is 153. The van der Waals surface area contributed by atoms with Crippen LogP contribution in [0.3, 0.4) is 0 Å². The molecule has 1 fully saturated rings. The van der Waals surface area contributed by atoms with Gasteiger partial charge in [0.05, 0.1) is 6.10 Å². The maximum absolute atomic E-state index is 5.79. The molecule has 0 aliphatic heterocycles. The van der Waals surface area contributed by atoms with E-state index in [0.717, 1.165) is 6.54 Å². The van der Waals surface area contributed by atoms with E-state index in [2.05, 4.69) is 18.9 Å². The van der Waals surface area contributed by atoms with Crippen molar-refractivity contribution in [2.75, 3.05) is 20.7 Å². The van der Waals surface area contributed by atoms with Gasteiger partial charge < -0.3 is 15.4 Å². The number of ether oxygens (including phenoxy) is 1. The van der Waals surface area contributed by atoms with Crippen molar-refractivity contribution >= 4 is 0 Å². The van der Waals surface area contributed by atoms with Crippen LogP contribution in [0.5, 0.6) is 0 Å². The Hall–Kier alpha value is -0.120. The number of methoxy groups -OCH3 is 1. The maximum atomic E-state index is 5.79. The van der Waals surface area contributed by atoms with Gasteiger partial charge in [0.15, 0.2) is 0 Å². The first-order valence-corrected chi connectivity index (χ1v) is 5.62. The summed E-state index contributed by atoms with van der Waals surface area (Å²) in [6, 6.07) is 0.993. The molecule has 3 heteroatoms. The number of nitrogens with zero attached hydrogens (tertiary/aromatic N) is 1. The predicted octanol–water partition coefficient (Wildman–Crippen LogP) is 1.22. The molecule has 0 aromatic carbocycles. The van der Waals surface area contributed by atoms with Crippen LogP contribution >= 0.6 is 0 Å². The fourth-order valence-corrected chi connectivity index (χ4v) is 2.33. The van der Waals surface area contributed by atoms with E-state index in [9.17, 15) is 0 Å². The normalized spacial score (nSPS) is 30.6. The smallest absolute Gasteiger partial charge is 0.0572 e. The summed E-state index contributed by atoms with van der Waals surface area (Å²) in [6.07, 6.45) is 5.40. The van der Waals surface area contributed by atoms with Gasteiger partial charge in [-0.15, -0.1) is 0 Å². The lowest BCUT2D eigenvalue weighted by molar-refractivity contribution is 0.0434. The zero-order valence-corrected chi connectivity index (χ0v) is 9.70. The lowest BCUT2D eigenvalue weighted by Crippen LogP contribution is -2.42. The van der Waals surface area contributed by atoms with Crippen LogP contribution in [0.1, 0.15) is 32.6 Å². The van der Waals surface area contributed by atoms with Crippen molar-refractivity contribution in [3.8, 4) is 0 Å². The molecule has 84 valence electrons. The standard InChI is InChI=1S/C11H24N2O/c1-9(12)8-13(2)10-4-6-11(14-3)7-5-10/h9-11H,4-8,12H2,1-3H3. The van der Waals surface area contributed by atoms with Crippen LogP contribution in [0.25, 0.3) is 0 Å². The van der Waals surface area contributed by atoms with Gasteiger partial charge in [-0.05, 0) is 39.7 Å². The maximum Gasteiger partial charge on any atom is 0.0572 e. The first-order chi connectivity index (χ1) is 6.63. The second-order valence-corrected chi connectivity index (χ2v) is 4.58. The Morgan fingerprint density at radius 2 is 1.93 bits per heavy atom. The Kier molecular flexibility index (Phi) is 4.85. The molecule has 2 N–H and O–H groups in total. The first kappa shape index (κ1) is 12.0. The Morgan fingerprint density at radius 1 is 1.36 bits per heavy atom. The fourth-order valence-electron chi connectivity index (χ4n) is 2.33. The summed E-state index contributed by atoms with van der Waals surface area (Å²) in [5.41, 5.74) is 5.79. The van der Waals surface area contributed by atoms with Gasteiger partial charge in [-0.3, -0.25) is 0 Å². The minimum atomic E-state index is 0.278. The lowest BCUT2D eigenvalue weighted by Gasteiger charge is -2.34. The molecule has 1 aliphatic carbocycles. The molecule has 1 unspecified atom stereocenters. The highest BCUT2D eigenvalue weighted by Gasteiger charge is 2.23. The van der Waals surface area contributed by atoms with Crippen LogP contribution in [-0.4, -0.2) is 43.8 Å². The third-order valence-corrected chi connectivity index (χ3v) is 3.18. The monoisotopic (exact) mass is 200 g/mol. The number of likely N-dealkylation sites (N-methyl/N-ethyl adjacent to an activating group) is 1. The van der Waals surface area contributed by atoms with Crippen molar-refractivity contribution in [1.29, 1.82) is 0 Å². The average Bonchev–Trinajstić information content (AvgIpc) is 2.17. The third kappa shape index (κ3) is 3.56. The highest BCUT2D eigenvalue weighted by molar-refractivity contribution is 4.79. The molecular formula is C11H24N2O. The van der Waals surface area contributed by atoms with Crippen LogP contribution in [0.15, 0.2) is 0 Å². The number of hydrogen-bond acceptors (Lipinski definition) is 3. The van der Waals surface area contributed by atoms with Crippen LogP contribution in [-0.2, 0) is 4.74 Å². The molecule has 0 aromatic rings. The van der Waals surface area contributed by atoms with E-state index in [1.54, 1.807) is 0 Å². The predicted molar refractivity (Wildman–Crippen MR) is 59.3 cm³/mol. The van der Waals surface area contributed by atoms with Crippen molar-refractivity contribution in [2.45, 2.75) is 50.8 Å². The summed E-state index contributed by atoms with van der Waals surface area (Å²) in [5.74, 6) is 0. The number of hydrogen-bond donors (Lipinski definition) is 1. The molecule has 1 rings (SSSR count).